The van der Waals surface area contributed by atoms with Gasteiger partial charge >= 0.3 is 0 Å². The second-order valence-electron chi connectivity index (χ2n) is 9.66. The van der Waals surface area contributed by atoms with Crippen LogP contribution in [0.15, 0.2) is 30.6 Å². The van der Waals surface area contributed by atoms with Crippen molar-refractivity contribution in [2.45, 2.75) is 98.3 Å². The van der Waals surface area contributed by atoms with E-state index in [-0.39, 0.29) is 5.82 Å². The molecule has 3 nitrogen and oxygen atoms in total. The third kappa shape index (κ3) is 10.1. The van der Waals surface area contributed by atoms with E-state index in [0.717, 1.165) is 30.7 Å². The highest BCUT2D eigenvalue weighted by Gasteiger charge is 2.10. The van der Waals surface area contributed by atoms with Crippen LogP contribution in [0.4, 0.5) is 4.39 Å². The van der Waals surface area contributed by atoms with Gasteiger partial charge in [0.05, 0.1) is 6.61 Å². The Hall–Kier alpha value is -1.97. The van der Waals surface area contributed by atoms with E-state index in [0.29, 0.717) is 29.7 Å². The lowest BCUT2D eigenvalue weighted by Gasteiger charge is -2.12. The average molecular weight is 443 g/mol. The molecule has 0 saturated heterocycles. The number of hydrogen-bond donors (Lipinski definition) is 0. The van der Waals surface area contributed by atoms with Crippen LogP contribution in [-0.2, 0) is 6.42 Å². The van der Waals surface area contributed by atoms with Crippen molar-refractivity contribution in [1.29, 1.82) is 0 Å². The van der Waals surface area contributed by atoms with Crippen LogP contribution in [0, 0.1) is 17.7 Å². The molecule has 178 valence electrons. The van der Waals surface area contributed by atoms with Crippen molar-refractivity contribution in [1.82, 2.24) is 9.97 Å². The van der Waals surface area contributed by atoms with Gasteiger partial charge in [-0.2, -0.15) is 0 Å². The minimum Gasteiger partial charge on any atom is -0.491 e. The number of unbranched alkanes of at least 4 members (excludes halogenated alkanes) is 6. The second-order valence-corrected chi connectivity index (χ2v) is 9.66. The minimum atomic E-state index is -0.350. The van der Waals surface area contributed by atoms with Gasteiger partial charge in [-0.15, -0.1) is 0 Å². The fourth-order valence-electron chi connectivity index (χ4n) is 3.99. The maximum Gasteiger partial charge on any atom is 0.165 e. The van der Waals surface area contributed by atoms with Crippen LogP contribution in [0.1, 0.15) is 97.5 Å². The van der Waals surface area contributed by atoms with Gasteiger partial charge in [0, 0.05) is 18.0 Å². The van der Waals surface area contributed by atoms with Crippen LogP contribution >= 0.6 is 0 Å². The highest BCUT2D eigenvalue weighted by Crippen LogP contribution is 2.24. The Labute approximate surface area is 195 Å². The van der Waals surface area contributed by atoms with Crippen molar-refractivity contribution >= 4 is 0 Å². The van der Waals surface area contributed by atoms with Crippen LogP contribution < -0.4 is 4.74 Å². The van der Waals surface area contributed by atoms with Crippen molar-refractivity contribution in [3.8, 4) is 17.1 Å². The van der Waals surface area contributed by atoms with Gasteiger partial charge in [-0.05, 0) is 48.4 Å². The summed E-state index contributed by atoms with van der Waals surface area (Å²) in [7, 11) is 0. The molecule has 4 heteroatoms. The Bertz CT molecular complexity index is 761. The van der Waals surface area contributed by atoms with E-state index in [4.69, 9.17) is 4.74 Å². The van der Waals surface area contributed by atoms with Crippen molar-refractivity contribution in [3.63, 3.8) is 0 Å². The van der Waals surface area contributed by atoms with Gasteiger partial charge in [0.2, 0.25) is 0 Å². The van der Waals surface area contributed by atoms with Gasteiger partial charge in [0.1, 0.15) is 0 Å². The lowest BCUT2D eigenvalue weighted by Crippen LogP contribution is -2.03. The molecule has 0 saturated carbocycles. The molecule has 1 aromatic heterocycles. The van der Waals surface area contributed by atoms with Crippen LogP contribution in [0.25, 0.3) is 11.4 Å². The molecule has 2 rings (SSSR count). The summed E-state index contributed by atoms with van der Waals surface area (Å²) in [5, 5.41) is 0. The van der Waals surface area contributed by atoms with Crippen LogP contribution in [0.5, 0.6) is 5.75 Å². The fourth-order valence-corrected chi connectivity index (χ4v) is 3.99. The fraction of sp³-hybridized carbons (Fsp3) is 0.643. The topological polar surface area (TPSA) is 35.0 Å². The third-order valence-electron chi connectivity index (χ3n) is 5.96. The predicted octanol–water partition coefficient (Wildman–Crippen LogP) is 8.42. The third-order valence-corrected chi connectivity index (χ3v) is 5.96. The zero-order valence-corrected chi connectivity index (χ0v) is 20.7. The van der Waals surface area contributed by atoms with E-state index in [1.807, 2.05) is 18.5 Å². The number of benzene rings is 1. The molecule has 1 heterocycles. The number of rotatable bonds is 16. The SMILES string of the molecule is CCCCCCCCCOc1ccc(-c2ncc(CC(C)CCCC(C)C)cn2)cc1F. The molecule has 0 spiro atoms. The molecule has 0 aliphatic heterocycles. The molecule has 0 aliphatic rings. The van der Waals surface area contributed by atoms with E-state index >= 15 is 0 Å². The molecule has 0 fully saturated rings. The molecular formula is C28H43FN2O. The van der Waals surface area contributed by atoms with Crippen LogP contribution in [-0.4, -0.2) is 16.6 Å². The van der Waals surface area contributed by atoms with Gasteiger partial charge in [0.25, 0.3) is 0 Å². The number of ether oxygens (including phenoxy) is 1. The minimum absolute atomic E-state index is 0.312. The van der Waals surface area contributed by atoms with Crippen LogP contribution in [0.3, 0.4) is 0 Å². The molecule has 0 bridgehead atoms. The van der Waals surface area contributed by atoms with E-state index in [2.05, 4.69) is 37.7 Å². The quantitative estimate of drug-likeness (QED) is 0.245. The van der Waals surface area contributed by atoms with E-state index in [9.17, 15) is 4.39 Å². The van der Waals surface area contributed by atoms with Gasteiger partial charge in [0.15, 0.2) is 17.4 Å². The first kappa shape index (κ1) is 26.3. The first-order valence-corrected chi connectivity index (χ1v) is 12.7. The first-order chi connectivity index (χ1) is 15.5. The number of nitrogens with zero attached hydrogens (tertiary/aromatic N) is 2. The summed E-state index contributed by atoms with van der Waals surface area (Å²) >= 11 is 0. The summed E-state index contributed by atoms with van der Waals surface area (Å²) < 4.78 is 20.1. The molecule has 1 atom stereocenters. The molecular weight excluding hydrogens is 399 g/mol. The largest absolute Gasteiger partial charge is 0.491 e. The van der Waals surface area contributed by atoms with E-state index in [1.165, 1.54) is 57.4 Å². The van der Waals surface area contributed by atoms with E-state index in [1.54, 1.807) is 6.07 Å². The van der Waals surface area contributed by atoms with E-state index < -0.39 is 0 Å². The highest BCUT2D eigenvalue weighted by molar-refractivity contribution is 5.56. The average Bonchev–Trinajstić information content (AvgIpc) is 2.77. The molecule has 0 radical (unpaired) electrons. The van der Waals surface area contributed by atoms with Crippen molar-refractivity contribution in [3.05, 3.63) is 42.0 Å². The Morgan fingerprint density at radius 2 is 1.56 bits per heavy atom. The monoisotopic (exact) mass is 442 g/mol. The van der Waals surface area contributed by atoms with Crippen molar-refractivity contribution in [2.75, 3.05) is 6.61 Å². The smallest absolute Gasteiger partial charge is 0.165 e. The van der Waals surface area contributed by atoms with Crippen LogP contribution in [0.2, 0.25) is 0 Å². The summed E-state index contributed by atoms with van der Waals surface area (Å²) in [5.74, 6) is 1.90. The van der Waals surface area contributed by atoms with Gasteiger partial charge in [-0.3, -0.25) is 0 Å². The molecule has 32 heavy (non-hydrogen) atoms. The van der Waals surface area contributed by atoms with Gasteiger partial charge in [-0.25, -0.2) is 14.4 Å². The van der Waals surface area contributed by atoms with Gasteiger partial charge < -0.3 is 4.74 Å². The summed E-state index contributed by atoms with van der Waals surface area (Å²) in [4.78, 5) is 8.96. The lowest BCUT2D eigenvalue weighted by molar-refractivity contribution is 0.290. The number of halogens is 1. The lowest BCUT2D eigenvalue weighted by atomic mass is 9.95. The predicted molar refractivity (Wildman–Crippen MR) is 132 cm³/mol. The Morgan fingerprint density at radius 3 is 2.22 bits per heavy atom. The highest BCUT2D eigenvalue weighted by atomic mass is 19.1. The second kappa shape index (κ2) is 15.0. The summed E-state index contributed by atoms with van der Waals surface area (Å²) in [6.07, 6.45) is 17.0. The Balaban J connectivity index is 1.78. The zero-order chi connectivity index (χ0) is 23.2. The zero-order valence-electron chi connectivity index (χ0n) is 20.7. The molecule has 0 N–H and O–H groups in total. The molecule has 0 aliphatic carbocycles. The van der Waals surface area contributed by atoms with Crippen molar-refractivity contribution in [2.24, 2.45) is 11.8 Å². The normalized spacial score (nSPS) is 12.3. The Morgan fingerprint density at radius 1 is 0.875 bits per heavy atom. The maximum absolute atomic E-state index is 14.5. The first-order valence-electron chi connectivity index (χ1n) is 12.7. The maximum atomic E-state index is 14.5. The molecule has 1 unspecified atom stereocenters. The summed E-state index contributed by atoms with van der Waals surface area (Å²) in [6.45, 7) is 9.62. The molecule has 2 aromatic rings. The van der Waals surface area contributed by atoms with Crippen molar-refractivity contribution < 1.29 is 9.13 Å². The Kier molecular flexibility index (Phi) is 12.3. The van der Waals surface area contributed by atoms with Gasteiger partial charge in [-0.1, -0.05) is 85.5 Å². The summed E-state index contributed by atoms with van der Waals surface area (Å²) in [5.41, 5.74) is 1.82. The molecule has 1 aromatic carbocycles. The number of aromatic nitrogens is 2. The standard InChI is InChI=1S/C28H43FN2O/c1-5-6-7-8-9-10-11-17-32-27-16-15-25(19-26(27)29)28-30-20-24(21-31-28)18-23(4)14-12-13-22(2)3/h15-16,19-23H,5-14,17-18H2,1-4H3. The number of hydrogen-bond acceptors (Lipinski definition) is 3. The summed E-state index contributed by atoms with van der Waals surface area (Å²) in [6, 6.07) is 5.01. The molecule has 0 amide bonds.